The summed E-state index contributed by atoms with van der Waals surface area (Å²) < 4.78 is 0. The topological polar surface area (TPSA) is 69.6 Å². The smallest absolute Gasteiger partial charge is 0.305 e. The Bertz CT molecular complexity index is 320. The maximum atomic E-state index is 12.0. The van der Waals surface area contributed by atoms with E-state index in [1.54, 1.807) is 11.9 Å². The molecule has 2 saturated heterocycles. The molecule has 0 spiro atoms. The minimum Gasteiger partial charge on any atom is -0.481 e. The van der Waals surface area contributed by atoms with Crippen LogP contribution in [0.1, 0.15) is 38.5 Å². The molecule has 5 heteroatoms. The van der Waals surface area contributed by atoms with Crippen molar-refractivity contribution >= 4 is 11.9 Å². The molecule has 0 aromatic rings. The third kappa shape index (κ3) is 3.45. The van der Waals surface area contributed by atoms with E-state index in [-0.39, 0.29) is 12.3 Å². The molecule has 102 valence electrons. The number of piperidine rings is 1. The molecule has 2 rings (SSSR count). The lowest BCUT2D eigenvalue weighted by atomic mass is 9.89. The lowest BCUT2D eigenvalue weighted by molar-refractivity contribution is -0.138. The Hall–Kier alpha value is -1.10. The second-order valence-electron chi connectivity index (χ2n) is 5.64. The summed E-state index contributed by atoms with van der Waals surface area (Å²) in [7, 11) is 1.70. The van der Waals surface area contributed by atoms with E-state index in [1.165, 1.54) is 12.8 Å². The van der Waals surface area contributed by atoms with Crippen molar-refractivity contribution in [2.75, 3.05) is 13.6 Å². The number of amides is 1. The van der Waals surface area contributed by atoms with Crippen LogP contribution in [-0.4, -0.2) is 47.6 Å². The van der Waals surface area contributed by atoms with Crippen molar-refractivity contribution in [3.63, 3.8) is 0 Å². The van der Waals surface area contributed by atoms with Gasteiger partial charge >= 0.3 is 5.97 Å². The summed E-state index contributed by atoms with van der Waals surface area (Å²) in [4.78, 5) is 24.0. The molecule has 0 saturated carbocycles. The quantitative estimate of drug-likeness (QED) is 0.763. The van der Waals surface area contributed by atoms with Crippen molar-refractivity contribution in [3.8, 4) is 0 Å². The van der Waals surface area contributed by atoms with Gasteiger partial charge in [0.15, 0.2) is 0 Å². The molecule has 2 N–H and O–H groups in total. The Morgan fingerprint density at radius 2 is 1.89 bits per heavy atom. The van der Waals surface area contributed by atoms with E-state index in [9.17, 15) is 9.59 Å². The zero-order valence-electron chi connectivity index (χ0n) is 10.9. The molecule has 0 aliphatic carbocycles. The summed E-state index contributed by atoms with van der Waals surface area (Å²) in [6.45, 7) is 0.312. The number of fused-ring (bicyclic) bond motifs is 2. The van der Waals surface area contributed by atoms with Gasteiger partial charge in [0.05, 0.1) is 6.42 Å². The SMILES string of the molecule is CN(CCC(=O)O)C(=O)CC1CC2CCC(C1)N2. The summed E-state index contributed by atoms with van der Waals surface area (Å²) in [5.74, 6) is -0.291. The van der Waals surface area contributed by atoms with E-state index in [0.717, 1.165) is 12.8 Å². The summed E-state index contributed by atoms with van der Waals surface area (Å²) in [6, 6.07) is 1.21. The number of rotatable bonds is 5. The Kier molecular flexibility index (Phi) is 4.22. The van der Waals surface area contributed by atoms with Crippen LogP contribution in [0.4, 0.5) is 0 Å². The Morgan fingerprint density at radius 3 is 2.44 bits per heavy atom. The molecular weight excluding hydrogens is 232 g/mol. The van der Waals surface area contributed by atoms with Crippen LogP contribution in [0.3, 0.4) is 0 Å². The van der Waals surface area contributed by atoms with Crippen molar-refractivity contribution in [3.05, 3.63) is 0 Å². The van der Waals surface area contributed by atoms with Gasteiger partial charge < -0.3 is 15.3 Å². The van der Waals surface area contributed by atoms with Gasteiger partial charge in [-0.25, -0.2) is 0 Å². The Morgan fingerprint density at radius 1 is 1.28 bits per heavy atom. The van der Waals surface area contributed by atoms with Gasteiger partial charge in [-0.2, -0.15) is 0 Å². The summed E-state index contributed by atoms with van der Waals surface area (Å²) >= 11 is 0. The average molecular weight is 254 g/mol. The largest absolute Gasteiger partial charge is 0.481 e. The second kappa shape index (κ2) is 5.69. The van der Waals surface area contributed by atoms with Crippen molar-refractivity contribution < 1.29 is 14.7 Å². The van der Waals surface area contributed by atoms with Crippen molar-refractivity contribution in [1.29, 1.82) is 0 Å². The van der Waals surface area contributed by atoms with Gasteiger partial charge in [0.25, 0.3) is 0 Å². The van der Waals surface area contributed by atoms with Gasteiger partial charge in [0.1, 0.15) is 0 Å². The number of hydrogen-bond acceptors (Lipinski definition) is 3. The minimum absolute atomic E-state index is 0.0275. The molecule has 5 nitrogen and oxygen atoms in total. The molecule has 2 aliphatic heterocycles. The highest BCUT2D eigenvalue weighted by atomic mass is 16.4. The van der Waals surface area contributed by atoms with Gasteiger partial charge in [0.2, 0.25) is 5.91 Å². The van der Waals surface area contributed by atoms with E-state index < -0.39 is 5.97 Å². The summed E-state index contributed by atoms with van der Waals surface area (Å²) in [6.07, 6.45) is 5.27. The fraction of sp³-hybridized carbons (Fsp3) is 0.846. The molecule has 2 unspecified atom stereocenters. The number of nitrogens with one attached hydrogen (secondary N) is 1. The van der Waals surface area contributed by atoms with Crippen LogP contribution in [0, 0.1) is 5.92 Å². The zero-order chi connectivity index (χ0) is 13.1. The lowest BCUT2D eigenvalue weighted by Gasteiger charge is -2.29. The van der Waals surface area contributed by atoms with Crippen LogP contribution < -0.4 is 5.32 Å². The first-order valence-corrected chi connectivity index (χ1v) is 6.76. The molecule has 2 bridgehead atoms. The fourth-order valence-electron chi connectivity index (χ4n) is 3.13. The van der Waals surface area contributed by atoms with E-state index in [1.807, 2.05) is 0 Å². The number of carbonyl (C=O) groups excluding carboxylic acids is 1. The van der Waals surface area contributed by atoms with Crippen molar-refractivity contribution in [2.45, 2.75) is 50.6 Å². The average Bonchev–Trinajstić information content (AvgIpc) is 2.65. The molecule has 2 aliphatic rings. The lowest BCUT2D eigenvalue weighted by Crippen LogP contribution is -2.40. The monoisotopic (exact) mass is 254 g/mol. The second-order valence-corrected chi connectivity index (χ2v) is 5.64. The van der Waals surface area contributed by atoms with E-state index in [2.05, 4.69) is 5.32 Å². The maximum absolute atomic E-state index is 12.0. The van der Waals surface area contributed by atoms with Crippen LogP contribution >= 0.6 is 0 Å². The molecule has 2 fully saturated rings. The van der Waals surface area contributed by atoms with Crippen LogP contribution in [0.25, 0.3) is 0 Å². The molecule has 2 heterocycles. The predicted molar refractivity (Wildman–Crippen MR) is 67.2 cm³/mol. The highest BCUT2D eigenvalue weighted by Gasteiger charge is 2.34. The normalized spacial score (nSPS) is 30.2. The van der Waals surface area contributed by atoms with E-state index >= 15 is 0 Å². The number of hydrogen-bond donors (Lipinski definition) is 2. The van der Waals surface area contributed by atoms with Gasteiger partial charge in [-0.1, -0.05) is 0 Å². The number of aliphatic carboxylic acids is 1. The van der Waals surface area contributed by atoms with Gasteiger partial charge in [-0.05, 0) is 31.6 Å². The molecule has 1 amide bonds. The number of carboxylic acids is 1. The summed E-state index contributed by atoms with van der Waals surface area (Å²) in [5, 5.41) is 12.2. The molecule has 0 aromatic carbocycles. The van der Waals surface area contributed by atoms with Crippen molar-refractivity contribution in [1.82, 2.24) is 10.2 Å². The van der Waals surface area contributed by atoms with E-state index in [4.69, 9.17) is 5.11 Å². The number of carboxylic acid groups (broad SMARTS) is 1. The predicted octanol–water partition coefficient (Wildman–Crippen LogP) is 0.840. The standard InChI is InChI=1S/C13H22N2O3/c1-15(5-4-13(17)18)12(16)8-9-6-10-2-3-11(7-9)14-10/h9-11,14H,2-8H2,1H3,(H,17,18). The molecule has 0 radical (unpaired) electrons. The van der Waals surface area contributed by atoms with E-state index in [0.29, 0.717) is 31.0 Å². The first-order chi connectivity index (χ1) is 8.54. The zero-order valence-corrected chi connectivity index (χ0v) is 10.9. The Labute approximate surface area is 108 Å². The first-order valence-electron chi connectivity index (χ1n) is 6.76. The third-order valence-electron chi connectivity index (χ3n) is 4.12. The number of carbonyl (C=O) groups is 2. The van der Waals surface area contributed by atoms with Crippen LogP contribution in [0.5, 0.6) is 0 Å². The highest BCUT2D eigenvalue weighted by molar-refractivity contribution is 5.77. The highest BCUT2D eigenvalue weighted by Crippen LogP contribution is 2.32. The van der Waals surface area contributed by atoms with Crippen LogP contribution in [0.15, 0.2) is 0 Å². The maximum Gasteiger partial charge on any atom is 0.305 e. The summed E-state index contributed by atoms with van der Waals surface area (Å²) in [5.41, 5.74) is 0. The minimum atomic E-state index is -0.852. The van der Waals surface area contributed by atoms with Crippen LogP contribution in [-0.2, 0) is 9.59 Å². The van der Waals surface area contributed by atoms with Gasteiger partial charge in [-0.3, -0.25) is 9.59 Å². The first kappa shape index (κ1) is 13.3. The van der Waals surface area contributed by atoms with Crippen LogP contribution in [0.2, 0.25) is 0 Å². The molecule has 0 aromatic heterocycles. The fourth-order valence-corrected chi connectivity index (χ4v) is 3.13. The molecule has 2 atom stereocenters. The Balaban J connectivity index is 1.75. The van der Waals surface area contributed by atoms with Gasteiger partial charge in [-0.15, -0.1) is 0 Å². The van der Waals surface area contributed by atoms with Crippen molar-refractivity contribution in [2.24, 2.45) is 5.92 Å². The number of nitrogens with zero attached hydrogens (tertiary/aromatic N) is 1. The molecular formula is C13H22N2O3. The molecule has 18 heavy (non-hydrogen) atoms. The third-order valence-corrected chi connectivity index (χ3v) is 4.12. The van der Waals surface area contributed by atoms with Gasteiger partial charge in [0, 0.05) is 32.1 Å².